The van der Waals surface area contributed by atoms with Gasteiger partial charge in [-0.05, 0) is 25.3 Å². The zero-order valence-corrected chi connectivity index (χ0v) is 11.8. The second-order valence-electron chi connectivity index (χ2n) is 4.97. The number of nitrogens with one attached hydrogen (secondary N) is 2. The molecular formula is C14H15N5S. The van der Waals surface area contributed by atoms with Gasteiger partial charge in [0.25, 0.3) is 0 Å². The number of hydrogen-bond donors (Lipinski definition) is 2. The molecule has 0 fully saturated rings. The van der Waals surface area contributed by atoms with Crippen molar-refractivity contribution in [1.29, 1.82) is 0 Å². The molecule has 1 aliphatic rings. The van der Waals surface area contributed by atoms with Crippen LogP contribution in [0.25, 0.3) is 11.0 Å². The third-order valence-electron chi connectivity index (χ3n) is 3.62. The van der Waals surface area contributed by atoms with Crippen LogP contribution in [0.5, 0.6) is 0 Å². The predicted molar refractivity (Wildman–Crippen MR) is 80.2 cm³/mol. The summed E-state index contributed by atoms with van der Waals surface area (Å²) in [6.45, 7) is 0.845. The molecule has 2 N–H and O–H groups in total. The SMILES string of the molecule is c1nc(NCCc2nc3c(s2)CCC3)c2[nH]ccc2n1. The Morgan fingerprint density at radius 3 is 3.25 bits per heavy atom. The van der Waals surface area contributed by atoms with E-state index in [2.05, 4.69) is 20.3 Å². The summed E-state index contributed by atoms with van der Waals surface area (Å²) < 4.78 is 0. The van der Waals surface area contributed by atoms with E-state index >= 15 is 0 Å². The van der Waals surface area contributed by atoms with E-state index < -0.39 is 0 Å². The maximum atomic E-state index is 4.71. The molecule has 6 heteroatoms. The van der Waals surface area contributed by atoms with Crippen molar-refractivity contribution in [3.63, 3.8) is 0 Å². The highest BCUT2D eigenvalue weighted by Gasteiger charge is 2.16. The smallest absolute Gasteiger partial charge is 0.153 e. The van der Waals surface area contributed by atoms with Crippen molar-refractivity contribution in [3.8, 4) is 0 Å². The van der Waals surface area contributed by atoms with E-state index in [-0.39, 0.29) is 0 Å². The Morgan fingerprint density at radius 2 is 2.30 bits per heavy atom. The van der Waals surface area contributed by atoms with E-state index in [4.69, 9.17) is 4.98 Å². The zero-order chi connectivity index (χ0) is 13.4. The van der Waals surface area contributed by atoms with Crippen LogP contribution < -0.4 is 5.32 Å². The normalized spacial score (nSPS) is 13.8. The zero-order valence-electron chi connectivity index (χ0n) is 11.0. The molecule has 0 bridgehead atoms. The van der Waals surface area contributed by atoms with Gasteiger partial charge in [-0.15, -0.1) is 11.3 Å². The van der Waals surface area contributed by atoms with E-state index in [9.17, 15) is 0 Å². The van der Waals surface area contributed by atoms with Gasteiger partial charge in [-0.2, -0.15) is 0 Å². The maximum absolute atomic E-state index is 4.71. The lowest BCUT2D eigenvalue weighted by atomic mass is 10.3. The van der Waals surface area contributed by atoms with Gasteiger partial charge in [0.05, 0.1) is 16.2 Å². The number of anilines is 1. The number of hydrogen-bond acceptors (Lipinski definition) is 5. The molecule has 0 saturated carbocycles. The highest BCUT2D eigenvalue weighted by molar-refractivity contribution is 7.11. The van der Waals surface area contributed by atoms with Gasteiger partial charge in [0, 0.05) is 24.0 Å². The van der Waals surface area contributed by atoms with Gasteiger partial charge in [0.1, 0.15) is 11.8 Å². The number of aromatic amines is 1. The molecule has 102 valence electrons. The first-order chi connectivity index (χ1) is 9.90. The second kappa shape index (κ2) is 4.86. The van der Waals surface area contributed by atoms with E-state index in [0.29, 0.717) is 0 Å². The quantitative estimate of drug-likeness (QED) is 0.773. The van der Waals surface area contributed by atoms with Crippen molar-refractivity contribution in [2.75, 3.05) is 11.9 Å². The lowest BCUT2D eigenvalue weighted by Gasteiger charge is -2.04. The third-order valence-corrected chi connectivity index (χ3v) is 4.83. The van der Waals surface area contributed by atoms with Gasteiger partial charge in [0.15, 0.2) is 5.82 Å². The number of aromatic nitrogens is 4. The Bertz CT molecular complexity index is 723. The van der Waals surface area contributed by atoms with Crippen molar-refractivity contribution in [1.82, 2.24) is 19.9 Å². The highest BCUT2D eigenvalue weighted by Crippen LogP contribution is 2.27. The average molecular weight is 285 g/mol. The summed E-state index contributed by atoms with van der Waals surface area (Å²) in [5.41, 5.74) is 3.24. The van der Waals surface area contributed by atoms with Crippen molar-refractivity contribution in [2.45, 2.75) is 25.7 Å². The second-order valence-corrected chi connectivity index (χ2v) is 6.14. The Morgan fingerprint density at radius 1 is 1.30 bits per heavy atom. The van der Waals surface area contributed by atoms with E-state index in [0.717, 1.165) is 36.2 Å². The number of thiazole rings is 1. The summed E-state index contributed by atoms with van der Waals surface area (Å²) in [5.74, 6) is 0.865. The molecule has 3 aromatic heterocycles. The number of H-pyrrole nitrogens is 1. The van der Waals surface area contributed by atoms with Crippen LogP contribution in [0.2, 0.25) is 0 Å². The van der Waals surface area contributed by atoms with Crippen LogP contribution >= 0.6 is 11.3 Å². The molecule has 20 heavy (non-hydrogen) atoms. The number of fused-ring (bicyclic) bond motifs is 2. The van der Waals surface area contributed by atoms with Crippen LogP contribution in [-0.2, 0) is 19.3 Å². The minimum absolute atomic E-state index is 0.845. The standard InChI is InChI=1S/C14H15N5S/c1-2-9-11(3-1)20-12(19-9)5-7-16-14-13-10(4-6-15-13)17-8-18-14/h4,6,8,15H,1-3,5,7H2,(H,16,17,18). The first-order valence-electron chi connectivity index (χ1n) is 6.89. The lowest BCUT2D eigenvalue weighted by molar-refractivity contribution is 0.885. The van der Waals surface area contributed by atoms with Crippen LogP contribution in [0.1, 0.15) is 22.0 Å². The number of aryl methyl sites for hydroxylation is 2. The van der Waals surface area contributed by atoms with Gasteiger partial charge in [0.2, 0.25) is 0 Å². The molecular weight excluding hydrogens is 270 g/mol. The van der Waals surface area contributed by atoms with E-state index in [1.807, 2.05) is 23.6 Å². The molecule has 3 aromatic rings. The van der Waals surface area contributed by atoms with Crippen molar-refractivity contribution in [2.24, 2.45) is 0 Å². The van der Waals surface area contributed by atoms with Gasteiger partial charge >= 0.3 is 0 Å². The molecule has 0 unspecified atom stereocenters. The first-order valence-corrected chi connectivity index (χ1v) is 7.71. The van der Waals surface area contributed by atoms with Crippen LogP contribution in [0.15, 0.2) is 18.6 Å². The summed E-state index contributed by atoms with van der Waals surface area (Å²) in [6.07, 6.45) is 8.08. The van der Waals surface area contributed by atoms with Crippen LogP contribution in [0.4, 0.5) is 5.82 Å². The van der Waals surface area contributed by atoms with E-state index in [1.165, 1.54) is 28.4 Å². The van der Waals surface area contributed by atoms with Gasteiger partial charge in [-0.3, -0.25) is 0 Å². The van der Waals surface area contributed by atoms with Crippen LogP contribution in [0.3, 0.4) is 0 Å². The van der Waals surface area contributed by atoms with Crippen LogP contribution in [-0.4, -0.2) is 26.5 Å². The number of rotatable bonds is 4. The highest BCUT2D eigenvalue weighted by atomic mass is 32.1. The Hall–Kier alpha value is -1.95. The molecule has 0 aliphatic heterocycles. The van der Waals surface area contributed by atoms with Crippen molar-refractivity contribution < 1.29 is 0 Å². The monoisotopic (exact) mass is 285 g/mol. The molecule has 0 aromatic carbocycles. The number of nitrogens with zero attached hydrogens (tertiary/aromatic N) is 3. The van der Waals surface area contributed by atoms with Crippen molar-refractivity contribution in [3.05, 3.63) is 34.2 Å². The average Bonchev–Trinajstić information content (AvgIpc) is 3.13. The fraction of sp³-hybridized carbons (Fsp3) is 0.357. The molecule has 3 heterocycles. The maximum Gasteiger partial charge on any atom is 0.153 e. The third kappa shape index (κ3) is 2.06. The Balaban J connectivity index is 1.44. The molecule has 0 radical (unpaired) electrons. The minimum atomic E-state index is 0.845. The summed E-state index contributed by atoms with van der Waals surface area (Å²) in [4.78, 5) is 17.9. The van der Waals surface area contributed by atoms with Gasteiger partial charge in [-0.1, -0.05) is 0 Å². The lowest BCUT2D eigenvalue weighted by Crippen LogP contribution is -2.07. The Labute approximate surface area is 120 Å². The summed E-state index contributed by atoms with van der Waals surface area (Å²) in [5, 5.41) is 4.61. The fourth-order valence-corrected chi connectivity index (χ4v) is 3.80. The Kier molecular flexibility index (Phi) is 2.88. The summed E-state index contributed by atoms with van der Waals surface area (Å²) in [6, 6.07) is 1.95. The minimum Gasteiger partial charge on any atom is -0.368 e. The predicted octanol–water partition coefficient (Wildman–Crippen LogP) is 2.56. The van der Waals surface area contributed by atoms with Gasteiger partial charge < -0.3 is 10.3 Å². The fourth-order valence-electron chi connectivity index (χ4n) is 2.64. The molecule has 0 atom stereocenters. The van der Waals surface area contributed by atoms with Crippen LogP contribution in [0, 0.1) is 0 Å². The topological polar surface area (TPSA) is 66.5 Å². The summed E-state index contributed by atoms with van der Waals surface area (Å²) in [7, 11) is 0. The molecule has 0 amide bonds. The molecule has 4 rings (SSSR count). The van der Waals surface area contributed by atoms with Gasteiger partial charge in [-0.25, -0.2) is 15.0 Å². The van der Waals surface area contributed by atoms with E-state index in [1.54, 1.807) is 6.33 Å². The largest absolute Gasteiger partial charge is 0.368 e. The molecule has 5 nitrogen and oxygen atoms in total. The first kappa shape index (κ1) is 11.8. The molecule has 1 aliphatic carbocycles. The molecule has 0 saturated heterocycles. The molecule has 0 spiro atoms. The summed E-state index contributed by atoms with van der Waals surface area (Å²) >= 11 is 1.87. The van der Waals surface area contributed by atoms with Crippen molar-refractivity contribution >= 4 is 28.2 Å².